The van der Waals surface area contributed by atoms with E-state index in [-0.39, 0.29) is 33.0 Å². The van der Waals surface area contributed by atoms with Crippen LogP contribution in [0, 0.1) is 17.0 Å². The molecule has 10 nitrogen and oxygen atoms in total. The summed E-state index contributed by atoms with van der Waals surface area (Å²) in [5.74, 6) is -2.42. The zero-order valence-electron chi connectivity index (χ0n) is 18.3. The minimum Gasteiger partial charge on any atom is -0.507 e. The zero-order chi connectivity index (χ0) is 25.5. The van der Waals surface area contributed by atoms with Crippen LogP contribution in [0.5, 0.6) is 0 Å². The summed E-state index contributed by atoms with van der Waals surface area (Å²) in [6.07, 6.45) is 0. The molecule has 178 valence electrons. The second-order valence-electron chi connectivity index (χ2n) is 7.93. The Morgan fingerprint density at radius 2 is 1.66 bits per heavy atom. The van der Waals surface area contributed by atoms with Gasteiger partial charge in [0.25, 0.3) is 17.4 Å². The average Bonchev–Trinajstić information content (AvgIpc) is 3.09. The Morgan fingerprint density at radius 3 is 2.23 bits per heavy atom. The molecule has 1 aliphatic heterocycles. The van der Waals surface area contributed by atoms with Crippen LogP contribution in [0.25, 0.3) is 5.76 Å². The van der Waals surface area contributed by atoms with Gasteiger partial charge in [0.15, 0.2) is 0 Å². The molecule has 11 heteroatoms. The zero-order valence-corrected chi connectivity index (χ0v) is 19.1. The van der Waals surface area contributed by atoms with E-state index in [1.807, 2.05) is 6.92 Å². The molecule has 35 heavy (non-hydrogen) atoms. The highest BCUT2D eigenvalue weighted by atomic mass is 32.2. The Labute approximate surface area is 200 Å². The van der Waals surface area contributed by atoms with Crippen LogP contribution in [0.1, 0.15) is 22.7 Å². The van der Waals surface area contributed by atoms with E-state index >= 15 is 0 Å². The van der Waals surface area contributed by atoms with Crippen molar-refractivity contribution in [1.82, 2.24) is 0 Å². The molecule has 1 amide bonds. The molecule has 0 saturated carbocycles. The average molecular weight is 493 g/mol. The number of aliphatic hydroxyl groups is 1. The molecule has 1 atom stereocenters. The highest BCUT2D eigenvalue weighted by Crippen LogP contribution is 2.43. The Hall–Kier alpha value is -4.35. The van der Waals surface area contributed by atoms with E-state index in [0.717, 1.165) is 10.5 Å². The van der Waals surface area contributed by atoms with Gasteiger partial charge in [-0.2, -0.15) is 0 Å². The largest absolute Gasteiger partial charge is 0.507 e. The first-order chi connectivity index (χ1) is 16.5. The summed E-state index contributed by atoms with van der Waals surface area (Å²) in [6, 6.07) is 15.7. The first kappa shape index (κ1) is 23.8. The predicted molar refractivity (Wildman–Crippen MR) is 127 cm³/mol. The lowest BCUT2D eigenvalue weighted by Crippen LogP contribution is -2.29. The maximum absolute atomic E-state index is 13.1. The van der Waals surface area contributed by atoms with Gasteiger partial charge >= 0.3 is 0 Å². The lowest BCUT2D eigenvalue weighted by atomic mass is 9.94. The Balaban J connectivity index is 1.95. The van der Waals surface area contributed by atoms with Crippen molar-refractivity contribution in [2.75, 3.05) is 4.90 Å². The van der Waals surface area contributed by atoms with E-state index in [4.69, 9.17) is 5.14 Å². The Morgan fingerprint density at radius 1 is 1.03 bits per heavy atom. The third-order valence-corrected chi connectivity index (χ3v) is 6.54. The van der Waals surface area contributed by atoms with Gasteiger partial charge in [0.05, 0.1) is 21.4 Å². The van der Waals surface area contributed by atoms with Gasteiger partial charge < -0.3 is 5.11 Å². The van der Waals surface area contributed by atoms with Gasteiger partial charge in [-0.3, -0.25) is 24.6 Å². The summed E-state index contributed by atoms with van der Waals surface area (Å²) in [5.41, 5.74) is 1.02. The number of rotatable bonds is 5. The molecule has 0 radical (unpaired) electrons. The number of amides is 1. The molecular formula is C24H19N3O7S. The van der Waals surface area contributed by atoms with Crippen molar-refractivity contribution in [2.24, 2.45) is 5.14 Å². The number of non-ortho nitro benzene ring substituents is 1. The highest BCUT2D eigenvalue weighted by Gasteiger charge is 2.47. The van der Waals surface area contributed by atoms with Crippen molar-refractivity contribution in [3.63, 3.8) is 0 Å². The third-order valence-electron chi connectivity index (χ3n) is 5.61. The number of nitro groups is 1. The van der Waals surface area contributed by atoms with Gasteiger partial charge in [0.1, 0.15) is 5.76 Å². The molecule has 1 heterocycles. The molecule has 3 aromatic carbocycles. The molecule has 1 saturated heterocycles. The minimum atomic E-state index is -4.01. The summed E-state index contributed by atoms with van der Waals surface area (Å²) >= 11 is 0. The number of primary sulfonamides is 1. The number of ketones is 1. The third kappa shape index (κ3) is 4.42. The first-order valence-corrected chi connectivity index (χ1v) is 11.8. The Kier molecular flexibility index (Phi) is 5.97. The fraction of sp³-hybridized carbons (Fsp3) is 0.0833. The topological polar surface area (TPSA) is 161 Å². The van der Waals surface area contributed by atoms with Crippen molar-refractivity contribution in [1.29, 1.82) is 0 Å². The molecule has 3 aromatic rings. The minimum absolute atomic E-state index is 0.138. The molecule has 0 spiro atoms. The van der Waals surface area contributed by atoms with Crippen LogP contribution >= 0.6 is 0 Å². The Bertz CT molecular complexity index is 1490. The molecule has 1 unspecified atom stereocenters. The van der Waals surface area contributed by atoms with Gasteiger partial charge in [0, 0.05) is 23.4 Å². The quantitative estimate of drug-likeness (QED) is 0.181. The summed E-state index contributed by atoms with van der Waals surface area (Å²) in [4.78, 5) is 37.9. The fourth-order valence-electron chi connectivity index (χ4n) is 3.89. The van der Waals surface area contributed by atoms with E-state index in [1.165, 1.54) is 48.5 Å². The molecule has 4 rings (SSSR count). The number of Topliss-reactive ketones (excluding diaryl/α,β-unsaturated/α-hetero) is 1. The summed E-state index contributed by atoms with van der Waals surface area (Å²) < 4.78 is 23.3. The van der Waals surface area contributed by atoms with Crippen LogP contribution in [0.3, 0.4) is 0 Å². The number of aliphatic hydroxyl groups excluding tert-OH is 1. The molecule has 0 aliphatic carbocycles. The number of nitro benzene ring substituents is 1. The highest BCUT2D eigenvalue weighted by molar-refractivity contribution is 7.89. The van der Waals surface area contributed by atoms with Crippen molar-refractivity contribution >= 4 is 38.8 Å². The van der Waals surface area contributed by atoms with Crippen molar-refractivity contribution in [3.05, 3.63) is 105 Å². The van der Waals surface area contributed by atoms with Crippen LogP contribution in [-0.4, -0.2) is 30.1 Å². The van der Waals surface area contributed by atoms with Crippen LogP contribution in [0.4, 0.5) is 11.4 Å². The lowest BCUT2D eigenvalue weighted by Gasteiger charge is -2.25. The normalized spacial score (nSPS) is 17.5. The second-order valence-corrected chi connectivity index (χ2v) is 9.49. The first-order valence-electron chi connectivity index (χ1n) is 10.2. The SMILES string of the molecule is Cc1ccc(/C(O)=C2\C(=O)C(=O)N(c3ccc(S(N)(=O)=O)cc3)C2c2cccc([N+](=O)[O-])c2)cc1. The predicted octanol–water partition coefficient (Wildman–Crippen LogP) is 3.18. The van der Waals surface area contributed by atoms with E-state index in [9.17, 15) is 33.2 Å². The van der Waals surface area contributed by atoms with E-state index in [0.29, 0.717) is 0 Å². The molecule has 1 aliphatic rings. The van der Waals surface area contributed by atoms with Crippen LogP contribution in [0.2, 0.25) is 0 Å². The second kappa shape index (κ2) is 8.78. The molecular weight excluding hydrogens is 474 g/mol. The number of nitrogens with zero attached hydrogens (tertiary/aromatic N) is 2. The van der Waals surface area contributed by atoms with Gasteiger partial charge in [-0.05, 0) is 36.8 Å². The molecule has 0 bridgehead atoms. The number of carbonyl (C=O) groups is 2. The number of hydrogen-bond acceptors (Lipinski definition) is 7. The van der Waals surface area contributed by atoms with Crippen LogP contribution < -0.4 is 10.0 Å². The van der Waals surface area contributed by atoms with Crippen molar-refractivity contribution in [3.8, 4) is 0 Å². The number of benzene rings is 3. The smallest absolute Gasteiger partial charge is 0.300 e. The van der Waals surface area contributed by atoms with Crippen LogP contribution in [-0.2, 0) is 19.6 Å². The standard InChI is InChI=1S/C24H19N3O7S/c1-14-5-7-15(8-6-14)22(28)20-21(16-3-2-4-18(13-16)27(31)32)26(24(30)23(20)29)17-9-11-19(12-10-17)35(25,33)34/h2-13,21,28H,1H3,(H2,25,33,34)/b22-20+. The number of anilines is 1. The summed E-state index contributed by atoms with van der Waals surface area (Å²) in [5, 5.41) is 27.6. The van der Waals surface area contributed by atoms with E-state index in [2.05, 4.69) is 0 Å². The van der Waals surface area contributed by atoms with Crippen molar-refractivity contribution < 1.29 is 28.0 Å². The lowest BCUT2D eigenvalue weighted by molar-refractivity contribution is -0.384. The number of nitrogens with two attached hydrogens (primary N) is 1. The van der Waals surface area contributed by atoms with Gasteiger partial charge in [-0.1, -0.05) is 42.0 Å². The molecule has 0 aromatic heterocycles. The number of sulfonamides is 1. The fourth-order valence-corrected chi connectivity index (χ4v) is 4.40. The number of aryl methyl sites for hydroxylation is 1. The number of carbonyl (C=O) groups excluding carboxylic acids is 2. The van der Waals surface area contributed by atoms with Crippen LogP contribution in [0.15, 0.2) is 83.3 Å². The molecule has 3 N–H and O–H groups in total. The van der Waals surface area contributed by atoms with E-state index < -0.39 is 38.4 Å². The van der Waals surface area contributed by atoms with E-state index in [1.54, 1.807) is 24.3 Å². The molecule has 1 fully saturated rings. The maximum atomic E-state index is 13.1. The van der Waals surface area contributed by atoms with Crippen molar-refractivity contribution in [2.45, 2.75) is 17.9 Å². The van der Waals surface area contributed by atoms with Gasteiger partial charge in [0.2, 0.25) is 10.0 Å². The van der Waals surface area contributed by atoms with Gasteiger partial charge in [-0.25, -0.2) is 13.6 Å². The summed E-state index contributed by atoms with van der Waals surface area (Å²) in [6.45, 7) is 1.84. The van der Waals surface area contributed by atoms with Gasteiger partial charge in [-0.15, -0.1) is 0 Å². The summed E-state index contributed by atoms with van der Waals surface area (Å²) in [7, 11) is -4.01. The monoisotopic (exact) mass is 493 g/mol. The number of hydrogen-bond donors (Lipinski definition) is 2. The maximum Gasteiger partial charge on any atom is 0.300 e.